The van der Waals surface area contributed by atoms with Crippen LogP contribution in [0, 0.1) is 0 Å². The maximum Gasteiger partial charge on any atom is 0.0645 e. The van der Waals surface area contributed by atoms with Crippen molar-refractivity contribution >= 4 is 12.4 Å². The molecule has 1 aromatic heterocycles. The van der Waals surface area contributed by atoms with E-state index in [1.54, 1.807) is 6.20 Å². The van der Waals surface area contributed by atoms with Crippen LogP contribution in [0.1, 0.15) is 11.1 Å². The van der Waals surface area contributed by atoms with Gasteiger partial charge in [0.1, 0.15) is 0 Å². The summed E-state index contributed by atoms with van der Waals surface area (Å²) in [6.07, 6.45) is 4.79. The van der Waals surface area contributed by atoms with E-state index in [4.69, 9.17) is 5.73 Å². The molecule has 0 fully saturated rings. The molecular weight excluding hydrogens is 332 g/mol. The van der Waals surface area contributed by atoms with Gasteiger partial charge in [0.2, 0.25) is 0 Å². The van der Waals surface area contributed by atoms with Crippen LogP contribution >= 0.6 is 12.4 Å². The third-order valence-corrected chi connectivity index (χ3v) is 4.12. The van der Waals surface area contributed by atoms with E-state index in [1.807, 2.05) is 16.9 Å². The smallest absolute Gasteiger partial charge is 0.0645 e. The van der Waals surface area contributed by atoms with Gasteiger partial charge >= 0.3 is 0 Å². The van der Waals surface area contributed by atoms with Crippen LogP contribution < -0.4 is 5.73 Å². The van der Waals surface area contributed by atoms with E-state index in [2.05, 4.69) is 64.6 Å². The van der Waals surface area contributed by atoms with E-state index < -0.39 is 0 Å². The number of nitrogens with zero attached hydrogens (tertiary/aromatic N) is 3. The quantitative estimate of drug-likeness (QED) is 0.673. The summed E-state index contributed by atoms with van der Waals surface area (Å²) in [6, 6.07) is 21.1. The van der Waals surface area contributed by atoms with Crippen molar-refractivity contribution in [3.05, 3.63) is 84.2 Å². The average molecular weight is 357 g/mol. The molecule has 0 spiro atoms. The maximum absolute atomic E-state index is 5.79. The summed E-state index contributed by atoms with van der Waals surface area (Å²) in [7, 11) is 0. The van der Waals surface area contributed by atoms with Gasteiger partial charge in [0, 0.05) is 38.6 Å². The highest BCUT2D eigenvalue weighted by Gasteiger charge is 2.06. The molecule has 4 nitrogen and oxygen atoms in total. The Bertz CT molecular complexity index is 711. The van der Waals surface area contributed by atoms with Crippen molar-refractivity contribution in [2.24, 2.45) is 5.73 Å². The molecule has 0 aliphatic carbocycles. The molecule has 3 aromatic rings. The number of nitrogens with two attached hydrogens (primary N) is 1. The molecule has 0 aliphatic rings. The Morgan fingerprint density at radius 3 is 2.28 bits per heavy atom. The molecule has 0 radical (unpaired) electrons. The van der Waals surface area contributed by atoms with Gasteiger partial charge in [0.25, 0.3) is 0 Å². The largest absolute Gasteiger partial charge is 0.329 e. The molecule has 0 saturated carbocycles. The number of benzene rings is 2. The summed E-state index contributed by atoms with van der Waals surface area (Å²) in [5, 5.41) is 4.26. The predicted molar refractivity (Wildman–Crippen MR) is 105 cm³/mol. The molecule has 25 heavy (non-hydrogen) atoms. The van der Waals surface area contributed by atoms with E-state index in [1.165, 1.54) is 11.1 Å². The van der Waals surface area contributed by atoms with Gasteiger partial charge in [-0.05, 0) is 35.7 Å². The zero-order valence-electron chi connectivity index (χ0n) is 14.3. The number of aromatic nitrogens is 2. The van der Waals surface area contributed by atoms with Crippen molar-refractivity contribution in [1.29, 1.82) is 0 Å². The normalized spacial score (nSPS) is 10.6. The lowest BCUT2D eigenvalue weighted by Gasteiger charge is -2.22. The summed E-state index contributed by atoms with van der Waals surface area (Å²) in [5.74, 6) is 0. The second-order valence-corrected chi connectivity index (χ2v) is 5.92. The Hall–Kier alpha value is -2.14. The van der Waals surface area contributed by atoms with E-state index in [-0.39, 0.29) is 12.4 Å². The lowest BCUT2D eigenvalue weighted by Crippen LogP contribution is -2.31. The van der Waals surface area contributed by atoms with Crippen LogP contribution in [0.3, 0.4) is 0 Å². The number of halogens is 1. The van der Waals surface area contributed by atoms with E-state index >= 15 is 0 Å². The first-order valence-corrected chi connectivity index (χ1v) is 8.40. The van der Waals surface area contributed by atoms with Crippen molar-refractivity contribution in [2.75, 3.05) is 19.6 Å². The zero-order valence-corrected chi connectivity index (χ0v) is 15.1. The minimum Gasteiger partial charge on any atom is -0.329 e. The lowest BCUT2D eigenvalue weighted by molar-refractivity contribution is 0.276. The zero-order chi connectivity index (χ0) is 16.6. The highest BCUT2D eigenvalue weighted by molar-refractivity contribution is 5.85. The standard InChI is InChI=1S/C20H24N4.ClH/c21-12-16-23(15-11-18-5-2-1-3-6-18)17-19-7-9-20(10-8-19)24-14-4-13-22-24;/h1-10,13-14H,11-12,15-17,21H2;1H. The van der Waals surface area contributed by atoms with Gasteiger partial charge < -0.3 is 5.73 Å². The van der Waals surface area contributed by atoms with E-state index in [0.717, 1.165) is 31.7 Å². The fourth-order valence-corrected chi connectivity index (χ4v) is 2.82. The molecule has 132 valence electrons. The van der Waals surface area contributed by atoms with Crippen LogP contribution in [0.5, 0.6) is 0 Å². The first-order valence-electron chi connectivity index (χ1n) is 8.40. The predicted octanol–water partition coefficient (Wildman–Crippen LogP) is 3.30. The van der Waals surface area contributed by atoms with E-state index in [0.29, 0.717) is 6.54 Å². The Balaban J connectivity index is 0.00000225. The summed E-state index contributed by atoms with van der Waals surface area (Å²) in [4.78, 5) is 2.41. The Kier molecular flexibility index (Phi) is 7.67. The first kappa shape index (κ1) is 19.2. The highest BCUT2D eigenvalue weighted by atomic mass is 35.5. The molecule has 3 rings (SSSR count). The lowest BCUT2D eigenvalue weighted by atomic mass is 10.1. The van der Waals surface area contributed by atoms with Crippen molar-refractivity contribution in [1.82, 2.24) is 14.7 Å². The van der Waals surface area contributed by atoms with Crippen LogP contribution in [0.4, 0.5) is 0 Å². The van der Waals surface area contributed by atoms with Gasteiger partial charge in [-0.2, -0.15) is 5.10 Å². The molecule has 0 aliphatic heterocycles. The van der Waals surface area contributed by atoms with Crippen LogP contribution in [-0.2, 0) is 13.0 Å². The minimum absolute atomic E-state index is 0. The van der Waals surface area contributed by atoms with Gasteiger partial charge in [0.15, 0.2) is 0 Å². The number of rotatable bonds is 8. The maximum atomic E-state index is 5.79. The fraction of sp³-hybridized carbons (Fsp3) is 0.250. The molecule has 0 saturated heterocycles. The van der Waals surface area contributed by atoms with Crippen molar-refractivity contribution < 1.29 is 0 Å². The van der Waals surface area contributed by atoms with Crippen LogP contribution in [0.25, 0.3) is 5.69 Å². The van der Waals surface area contributed by atoms with Gasteiger partial charge in [-0.25, -0.2) is 4.68 Å². The molecule has 2 N–H and O–H groups in total. The second kappa shape index (κ2) is 9.99. The summed E-state index contributed by atoms with van der Waals surface area (Å²) in [6.45, 7) is 3.53. The van der Waals surface area contributed by atoms with Crippen LogP contribution in [-0.4, -0.2) is 34.3 Å². The Morgan fingerprint density at radius 1 is 0.880 bits per heavy atom. The molecule has 2 aromatic carbocycles. The SMILES string of the molecule is Cl.NCCN(CCc1ccccc1)Cc1ccc(-n2cccn2)cc1. The van der Waals surface area contributed by atoms with Gasteiger partial charge in [-0.3, -0.25) is 4.90 Å². The molecule has 5 heteroatoms. The summed E-state index contributed by atoms with van der Waals surface area (Å²) < 4.78 is 1.87. The molecular formula is C20H25ClN4. The van der Waals surface area contributed by atoms with Crippen molar-refractivity contribution in [2.45, 2.75) is 13.0 Å². The number of hydrogen-bond acceptors (Lipinski definition) is 3. The Morgan fingerprint density at radius 2 is 1.64 bits per heavy atom. The highest BCUT2D eigenvalue weighted by Crippen LogP contribution is 2.11. The summed E-state index contributed by atoms with van der Waals surface area (Å²) in [5.41, 5.74) is 9.54. The molecule has 0 atom stereocenters. The van der Waals surface area contributed by atoms with Gasteiger partial charge in [0.05, 0.1) is 5.69 Å². The summed E-state index contributed by atoms with van der Waals surface area (Å²) >= 11 is 0. The Labute approximate surface area is 155 Å². The van der Waals surface area contributed by atoms with Crippen LogP contribution in [0.2, 0.25) is 0 Å². The second-order valence-electron chi connectivity index (χ2n) is 5.92. The van der Waals surface area contributed by atoms with Crippen molar-refractivity contribution in [3.63, 3.8) is 0 Å². The van der Waals surface area contributed by atoms with Gasteiger partial charge in [-0.15, -0.1) is 12.4 Å². The third-order valence-electron chi connectivity index (χ3n) is 4.12. The molecule has 0 unspecified atom stereocenters. The fourth-order valence-electron chi connectivity index (χ4n) is 2.82. The first-order chi connectivity index (χ1) is 11.8. The van der Waals surface area contributed by atoms with E-state index in [9.17, 15) is 0 Å². The van der Waals surface area contributed by atoms with Gasteiger partial charge in [-0.1, -0.05) is 42.5 Å². The molecule has 1 heterocycles. The topological polar surface area (TPSA) is 47.1 Å². The average Bonchev–Trinajstić information content (AvgIpc) is 3.16. The molecule has 0 amide bonds. The third kappa shape index (κ3) is 5.71. The number of hydrogen-bond donors (Lipinski definition) is 1. The van der Waals surface area contributed by atoms with Crippen molar-refractivity contribution in [3.8, 4) is 5.69 Å². The molecule has 0 bridgehead atoms. The minimum atomic E-state index is 0. The monoisotopic (exact) mass is 356 g/mol. The van der Waals surface area contributed by atoms with Crippen LogP contribution in [0.15, 0.2) is 73.1 Å².